The summed E-state index contributed by atoms with van der Waals surface area (Å²) in [5, 5.41) is 11.8. The van der Waals surface area contributed by atoms with Gasteiger partial charge in [0.25, 0.3) is 0 Å². The van der Waals surface area contributed by atoms with Gasteiger partial charge in [0, 0.05) is 12.1 Å². The molecule has 11 N–H and O–H groups in total. The maximum Gasteiger partial charge on any atom is 0.340 e. The van der Waals surface area contributed by atoms with Gasteiger partial charge < -0.3 is 43.0 Å². The number of hydrogen-bond donors (Lipinski definition) is 7. The van der Waals surface area contributed by atoms with Crippen molar-refractivity contribution in [2.45, 2.75) is 38.3 Å². The van der Waals surface area contributed by atoms with Gasteiger partial charge in [-0.3, -0.25) is 34.3 Å². The number of nitrogens with two attached hydrogens (primary N) is 4. The van der Waals surface area contributed by atoms with Crippen LogP contribution < -0.4 is 33.6 Å². The van der Waals surface area contributed by atoms with Crippen LogP contribution in [0, 0.1) is 5.41 Å². The first-order valence-electron chi connectivity index (χ1n) is 10.8. The number of amides is 3. The van der Waals surface area contributed by atoms with Gasteiger partial charge in [0.15, 0.2) is 5.96 Å². The maximum atomic E-state index is 12.8. The van der Waals surface area contributed by atoms with E-state index in [1.807, 2.05) is 0 Å². The largest absolute Gasteiger partial charge is 0.392 e. The predicted octanol–water partition coefficient (Wildman–Crippen LogP) is -4.56. The standard InChI is InChI=1S/C20H32N8O9/c1-10(2)18(34)37-19(35)12(6-15(31)36-16(32)8-22)28(13(29)7-21)14(30)9-27-17(33)11(23)4-3-5-26-20(24)25/h11-12H,1,3-9,21-23H2,2H3,(H,27,33)(H4,24,25,26)/t11-,12-/m0/s1. The van der Waals surface area contributed by atoms with Crippen LogP contribution in [-0.2, 0) is 43.0 Å². The van der Waals surface area contributed by atoms with Crippen molar-refractivity contribution in [1.82, 2.24) is 15.5 Å². The Bertz CT molecular complexity index is 937. The molecule has 3 amide bonds. The lowest BCUT2D eigenvalue weighted by Gasteiger charge is -2.27. The van der Waals surface area contributed by atoms with Crippen molar-refractivity contribution >= 4 is 47.6 Å². The normalized spacial score (nSPS) is 11.8. The van der Waals surface area contributed by atoms with Gasteiger partial charge in [-0.25, -0.2) is 9.59 Å². The molecule has 37 heavy (non-hydrogen) atoms. The highest BCUT2D eigenvalue weighted by Crippen LogP contribution is 2.12. The molecule has 0 unspecified atom stereocenters. The van der Waals surface area contributed by atoms with Crippen LogP contribution in [0.5, 0.6) is 0 Å². The summed E-state index contributed by atoms with van der Waals surface area (Å²) < 4.78 is 8.91. The zero-order valence-corrected chi connectivity index (χ0v) is 20.2. The lowest BCUT2D eigenvalue weighted by atomic mass is 10.1. The van der Waals surface area contributed by atoms with Crippen LogP contribution in [0.2, 0.25) is 0 Å². The predicted molar refractivity (Wildman–Crippen MR) is 126 cm³/mol. The van der Waals surface area contributed by atoms with Crippen molar-refractivity contribution in [3.05, 3.63) is 12.2 Å². The molecular weight excluding hydrogens is 496 g/mol. The Morgan fingerprint density at radius 2 is 1.59 bits per heavy atom. The minimum absolute atomic E-state index is 0.144. The quantitative estimate of drug-likeness (QED) is 0.0279. The molecule has 17 nitrogen and oxygen atoms in total. The van der Waals surface area contributed by atoms with E-state index in [4.69, 9.17) is 28.3 Å². The van der Waals surface area contributed by atoms with Crippen molar-refractivity contribution in [3.63, 3.8) is 0 Å². The van der Waals surface area contributed by atoms with Gasteiger partial charge in [0.05, 0.1) is 32.1 Å². The highest BCUT2D eigenvalue weighted by atomic mass is 16.6. The Balaban J connectivity index is 5.65. The van der Waals surface area contributed by atoms with E-state index in [2.05, 4.69) is 26.7 Å². The highest BCUT2D eigenvalue weighted by molar-refractivity contribution is 6.05. The molecular formula is C20H32N8O9. The number of nitrogens with zero attached hydrogens (tertiary/aromatic N) is 1. The zero-order chi connectivity index (χ0) is 28.7. The molecule has 0 heterocycles. The summed E-state index contributed by atoms with van der Waals surface area (Å²) in [5.74, 6) is -8.72. The lowest BCUT2D eigenvalue weighted by Crippen LogP contribution is -2.55. The van der Waals surface area contributed by atoms with E-state index in [1.54, 1.807) is 0 Å². The van der Waals surface area contributed by atoms with Crippen LogP contribution in [0.1, 0.15) is 26.2 Å². The van der Waals surface area contributed by atoms with Crippen LogP contribution in [0.25, 0.3) is 0 Å². The average molecular weight is 529 g/mol. The van der Waals surface area contributed by atoms with Crippen molar-refractivity contribution in [2.75, 3.05) is 26.2 Å². The SMILES string of the molecule is C=C(C)C(=O)OC(=O)[C@H](CC(=O)OC(=O)CN)N(C(=O)CN)C(=O)CNC(=O)[C@@H](N)CCCNC(=N)N. The van der Waals surface area contributed by atoms with Gasteiger partial charge >= 0.3 is 23.9 Å². The van der Waals surface area contributed by atoms with E-state index < -0.39 is 79.7 Å². The number of carbonyl (C=O) groups excluding carboxylic acids is 7. The maximum absolute atomic E-state index is 12.8. The van der Waals surface area contributed by atoms with E-state index in [9.17, 15) is 33.6 Å². The van der Waals surface area contributed by atoms with Crippen LogP contribution in [0.4, 0.5) is 0 Å². The number of imide groups is 1. The van der Waals surface area contributed by atoms with Gasteiger partial charge in [-0.1, -0.05) is 6.58 Å². The Kier molecular flexibility index (Phi) is 14.6. The molecule has 0 aromatic heterocycles. The molecule has 0 radical (unpaired) electrons. The zero-order valence-electron chi connectivity index (χ0n) is 20.2. The van der Waals surface area contributed by atoms with Crippen LogP contribution in [0.3, 0.4) is 0 Å². The molecule has 0 aromatic rings. The third kappa shape index (κ3) is 12.3. The topological polar surface area (TPSA) is 293 Å². The first kappa shape index (κ1) is 32.8. The van der Waals surface area contributed by atoms with E-state index in [0.717, 1.165) is 0 Å². The number of ether oxygens (including phenoxy) is 2. The number of nitrogens with one attached hydrogen (secondary N) is 3. The summed E-state index contributed by atoms with van der Waals surface area (Å²) in [7, 11) is 0. The van der Waals surface area contributed by atoms with Crippen molar-refractivity contribution < 1.29 is 43.0 Å². The molecule has 0 fully saturated rings. The summed E-state index contributed by atoms with van der Waals surface area (Å²) >= 11 is 0. The molecule has 0 aliphatic carbocycles. The van der Waals surface area contributed by atoms with E-state index in [1.165, 1.54) is 6.92 Å². The lowest BCUT2D eigenvalue weighted by molar-refractivity contribution is -0.171. The minimum atomic E-state index is -2.09. The van der Waals surface area contributed by atoms with E-state index in [0.29, 0.717) is 6.42 Å². The van der Waals surface area contributed by atoms with E-state index >= 15 is 0 Å². The molecule has 0 rings (SSSR count). The minimum Gasteiger partial charge on any atom is -0.392 e. The highest BCUT2D eigenvalue weighted by Gasteiger charge is 2.39. The molecule has 0 saturated heterocycles. The Labute approximate surface area is 211 Å². The molecule has 2 atom stereocenters. The molecule has 0 bridgehead atoms. The molecule has 0 aliphatic heterocycles. The Hall–Kier alpha value is -4.22. The summed E-state index contributed by atoms with van der Waals surface area (Å²) in [6.07, 6.45) is -0.596. The second kappa shape index (κ2) is 16.5. The third-order valence-electron chi connectivity index (χ3n) is 4.35. The summed E-state index contributed by atoms with van der Waals surface area (Å²) in [6, 6.07) is -3.17. The first-order valence-corrected chi connectivity index (χ1v) is 10.8. The van der Waals surface area contributed by atoms with Gasteiger partial charge in [-0.2, -0.15) is 0 Å². The number of guanidine groups is 1. The second-order valence-corrected chi connectivity index (χ2v) is 7.43. The van der Waals surface area contributed by atoms with Crippen molar-refractivity contribution in [1.29, 1.82) is 5.41 Å². The molecule has 0 spiro atoms. The fourth-order valence-corrected chi connectivity index (χ4v) is 2.53. The Morgan fingerprint density at radius 3 is 2.11 bits per heavy atom. The number of hydrogen-bond acceptors (Lipinski definition) is 13. The average Bonchev–Trinajstić information content (AvgIpc) is 2.83. The molecule has 206 valence electrons. The smallest absolute Gasteiger partial charge is 0.340 e. The second-order valence-electron chi connectivity index (χ2n) is 7.43. The molecule has 0 aromatic carbocycles. The van der Waals surface area contributed by atoms with Crippen molar-refractivity contribution in [3.8, 4) is 0 Å². The molecule has 0 saturated carbocycles. The van der Waals surface area contributed by atoms with Gasteiger partial charge in [-0.15, -0.1) is 0 Å². The van der Waals surface area contributed by atoms with E-state index in [-0.39, 0.29) is 29.4 Å². The van der Waals surface area contributed by atoms with Crippen LogP contribution in [0.15, 0.2) is 12.2 Å². The fraction of sp³-hybridized carbons (Fsp3) is 0.500. The Morgan fingerprint density at radius 1 is 0.973 bits per heavy atom. The fourth-order valence-electron chi connectivity index (χ4n) is 2.53. The van der Waals surface area contributed by atoms with Crippen molar-refractivity contribution in [2.24, 2.45) is 22.9 Å². The number of carbonyl (C=O) groups is 7. The van der Waals surface area contributed by atoms with Gasteiger partial charge in [0.1, 0.15) is 6.04 Å². The number of esters is 4. The summed E-state index contributed by atoms with van der Waals surface area (Å²) in [4.78, 5) is 85.5. The van der Waals surface area contributed by atoms with Gasteiger partial charge in [0.2, 0.25) is 17.7 Å². The molecule has 0 aliphatic rings. The first-order chi connectivity index (χ1) is 17.2. The monoisotopic (exact) mass is 528 g/mol. The summed E-state index contributed by atoms with van der Waals surface area (Å²) in [6.45, 7) is 2.40. The number of rotatable bonds is 14. The van der Waals surface area contributed by atoms with Gasteiger partial charge in [-0.05, 0) is 19.8 Å². The van der Waals surface area contributed by atoms with Crippen LogP contribution in [-0.4, -0.2) is 90.7 Å². The third-order valence-corrected chi connectivity index (χ3v) is 4.35. The van der Waals surface area contributed by atoms with Crippen LogP contribution >= 0.6 is 0 Å². The summed E-state index contributed by atoms with van der Waals surface area (Å²) in [5.41, 5.74) is 21.0. The molecule has 17 heteroatoms.